The third-order valence-corrected chi connectivity index (χ3v) is 2.30. The van der Waals surface area contributed by atoms with E-state index in [1.54, 1.807) is 0 Å². The molecule has 0 aliphatic heterocycles. The largest absolute Gasteiger partial charge is 0.409 e. The zero-order chi connectivity index (χ0) is 14.6. The third-order valence-electron chi connectivity index (χ3n) is 2.30. The number of nitrogens with zero attached hydrogens (tertiary/aromatic N) is 1. The van der Waals surface area contributed by atoms with Crippen LogP contribution in [-0.4, -0.2) is 23.8 Å². The summed E-state index contributed by atoms with van der Waals surface area (Å²) < 4.78 is 63.5. The maximum Gasteiger partial charge on any atom is 0.400 e. The number of nitrogens with one attached hydrogen (secondary N) is 1. The monoisotopic (exact) mass is 283 g/mol. The van der Waals surface area contributed by atoms with Crippen LogP contribution in [0.3, 0.4) is 0 Å². The van der Waals surface area contributed by atoms with Gasteiger partial charge in [-0.25, -0.2) is 8.78 Å². The highest BCUT2D eigenvalue weighted by Gasteiger charge is 2.42. The average molecular weight is 283 g/mol. The first kappa shape index (κ1) is 15.0. The van der Waals surface area contributed by atoms with Crippen molar-refractivity contribution in [2.45, 2.75) is 6.18 Å². The second kappa shape index (κ2) is 5.72. The van der Waals surface area contributed by atoms with Gasteiger partial charge in [0, 0.05) is 12.6 Å². The van der Waals surface area contributed by atoms with E-state index in [0.29, 0.717) is 6.07 Å². The summed E-state index contributed by atoms with van der Waals surface area (Å²) in [4.78, 5) is 0. The third kappa shape index (κ3) is 3.97. The van der Waals surface area contributed by atoms with Gasteiger partial charge in [-0.3, -0.25) is 0 Å². The zero-order valence-electron chi connectivity index (χ0n) is 9.38. The van der Waals surface area contributed by atoms with Crippen molar-refractivity contribution in [1.29, 1.82) is 0 Å². The maximum absolute atomic E-state index is 13.2. The Hall–Kier alpha value is -2.06. The van der Waals surface area contributed by atoms with E-state index in [-0.39, 0.29) is 5.69 Å². The molecule has 0 spiro atoms. The van der Waals surface area contributed by atoms with Gasteiger partial charge in [-0.1, -0.05) is 5.16 Å². The molecule has 0 aliphatic carbocycles. The van der Waals surface area contributed by atoms with Gasteiger partial charge in [-0.15, -0.1) is 0 Å². The summed E-state index contributed by atoms with van der Waals surface area (Å²) in [5.41, 5.74) is 4.60. The van der Waals surface area contributed by atoms with Crippen molar-refractivity contribution in [2.24, 2.45) is 16.8 Å². The molecule has 106 valence electrons. The van der Waals surface area contributed by atoms with Crippen molar-refractivity contribution in [3.05, 3.63) is 29.8 Å². The van der Waals surface area contributed by atoms with E-state index in [0.717, 1.165) is 12.1 Å². The number of anilines is 1. The molecule has 1 unspecified atom stereocenters. The van der Waals surface area contributed by atoms with Gasteiger partial charge in [0.2, 0.25) is 0 Å². The van der Waals surface area contributed by atoms with Crippen LogP contribution in [-0.2, 0) is 0 Å². The van der Waals surface area contributed by atoms with Crippen LogP contribution in [0.25, 0.3) is 0 Å². The molecular formula is C10H10F5N3O. The van der Waals surface area contributed by atoms with Crippen molar-refractivity contribution in [1.82, 2.24) is 0 Å². The van der Waals surface area contributed by atoms with Crippen LogP contribution in [0.5, 0.6) is 0 Å². The molecule has 0 aromatic heterocycles. The predicted molar refractivity (Wildman–Crippen MR) is 57.8 cm³/mol. The van der Waals surface area contributed by atoms with Gasteiger partial charge in [-0.05, 0) is 12.1 Å². The van der Waals surface area contributed by atoms with Crippen LogP contribution in [0.1, 0.15) is 0 Å². The van der Waals surface area contributed by atoms with Crippen molar-refractivity contribution in [3.63, 3.8) is 0 Å². The van der Waals surface area contributed by atoms with Gasteiger partial charge >= 0.3 is 6.18 Å². The van der Waals surface area contributed by atoms with Crippen molar-refractivity contribution in [2.75, 3.05) is 11.9 Å². The molecule has 19 heavy (non-hydrogen) atoms. The molecule has 0 saturated carbocycles. The summed E-state index contributed by atoms with van der Waals surface area (Å²) >= 11 is 0. The van der Waals surface area contributed by atoms with Crippen LogP contribution in [0.2, 0.25) is 0 Å². The van der Waals surface area contributed by atoms with E-state index in [4.69, 9.17) is 10.9 Å². The highest BCUT2D eigenvalue weighted by molar-refractivity contribution is 5.83. The Morgan fingerprint density at radius 2 is 2.00 bits per heavy atom. The Bertz CT molecular complexity index is 475. The van der Waals surface area contributed by atoms with Crippen LogP contribution >= 0.6 is 0 Å². The van der Waals surface area contributed by atoms with E-state index in [1.807, 2.05) is 0 Å². The summed E-state index contributed by atoms with van der Waals surface area (Å²) in [7, 11) is 0. The lowest BCUT2D eigenvalue weighted by molar-refractivity contribution is -0.152. The molecule has 4 nitrogen and oxygen atoms in total. The summed E-state index contributed by atoms with van der Waals surface area (Å²) in [6.45, 7) is -0.845. The first-order valence-electron chi connectivity index (χ1n) is 4.98. The fourth-order valence-electron chi connectivity index (χ4n) is 1.30. The first-order chi connectivity index (χ1) is 8.75. The average Bonchev–Trinajstić information content (AvgIpc) is 2.29. The second-order valence-corrected chi connectivity index (χ2v) is 3.62. The Morgan fingerprint density at radius 1 is 1.37 bits per heavy atom. The Labute approximate surface area is 104 Å². The number of halogens is 5. The first-order valence-corrected chi connectivity index (χ1v) is 4.98. The smallest absolute Gasteiger partial charge is 0.400 e. The molecule has 0 amide bonds. The molecule has 1 atom stereocenters. The number of rotatable bonds is 4. The zero-order valence-corrected chi connectivity index (χ0v) is 9.38. The maximum atomic E-state index is 13.2. The number of oxime groups is 1. The van der Waals surface area contributed by atoms with E-state index in [1.165, 1.54) is 0 Å². The van der Waals surface area contributed by atoms with Crippen molar-refractivity contribution < 1.29 is 27.2 Å². The number of hydrogen-bond acceptors (Lipinski definition) is 3. The molecule has 4 N–H and O–H groups in total. The van der Waals surface area contributed by atoms with Gasteiger partial charge in [0.25, 0.3) is 0 Å². The molecule has 1 aromatic carbocycles. The van der Waals surface area contributed by atoms with Gasteiger partial charge < -0.3 is 16.3 Å². The van der Waals surface area contributed by atoms with Gasteiger partial charge in [0.15, 0.2) is 5.84 Å². The quantitative estimate of drug-likeness (QED) is 0.261. The predicted octanol–water partition coefficient (Wildman–Crippen LogP) is 2.30. The lowest BCUT2D eigenvalue weighted by Crippen LogP contribution is -2.40. The van der Waals surface area contributed by atoms with Crippen molar-refractivity contribution >= 4 is 11.5 Å². The molecule has 1 rings (SSSR count). The molecule has 1 aromatic rings. The van der Waals surface area contributed by atoms with Crippen LogP contribution in [0.15, 0.2) is 23.4 Å². The summed E-state index contributed by atoms with van der Waals surface area (Å²) in [6, 6.07) is 2.36. The molecule has 0 heterocycles. The summed E-state index contributed by atoms with van der Waals surface area (Å²) in [5, 5.41) is 12.7. The van der Waals surface area contributed by atoms with E-state index in [2.05, 4.69) is 10.5 Å². The molecule has 9 heteroatoms. The Kier molecular flexibility index (Phi) is 4.52. The minimum atomic E-state index is -4.76. The Morgan fingerprint density at radius 3 is 2.47 bits per heavy atom. The molecular weight excluding hydrogens is 273 g/mol. The highest BCUT2D eigenvalue weighted by Crippen LogP contribution is 2.27. The van der Waals surface area contributed by atoms with E-state index in [9.17, 15) is 22.0 Å². The van der Waals surface area contributed by atoms with Crippen LogP contribution in [0, 0.1) is 17.6 Å². The highest BCUT2D eigenvalue weighted by atomic mass is 19.4. The number of amidine groups is 1. The number of nitrogens with two attached hydrogens (primary N) is 1. The van der Waals surface area contributed by atoms with Crippen molar-refractivity contribution in [3.8, 4) is 0 Å². The molecule has 0 saturated heterocycles. The van der Waals surface area contributed by atoms with Gasteiger partial charge in [-0.2, -0.15) is 13.2 Å². The Balaban J connectivity index is 2.82. The lowest BCUT2D eigenvalue weighted by atomic mass is 10.1. The lowest BCUT2D eigenvalue weighted by Gasteiger charge is -2.20. The topological polar surface area (TPSA) is 70.6 Å². The summed E-state index contributed by atoms with van der Waals surface area (Å²) in [6.07, 6.45) is -4.76. The van der Waals surface area contributed by atoms with Crippen LogP contribution < -0.4 is 11.1 Å². The fraction of sp³-hybridized carbons (Fsp3) is 0.300. The normalized spacial score (nSPS) is 14.3. The molecule has 0 fully saturated rings. The minimum absolute atomic E-state index is 0.318. The standard InChI is InChI=1S/C10H10F5N3O/c11-5-1-2-8(7(12)3-5)17-4-6(9(16)18-19)10(13,14)15/h1-3,6,17,19H,4H2,(H2,16,18). The van der Waals surface area contributed by atoms with E-state index >= 15 is 0 Å². The fourth-order valence-corrected chi connectivity index (χ4v) is 1.30. The SMILES string of the molecule is N/C(=N/O)C(CNc1ccc(F)cc1F)C(F)(F)F. The van der Waals surface area contributed by atoms with Crippen LogP contribution in [0.4, 0.5) is 27.6 Å². The van der Waals surface area contributed by atoms with Gasteiger partial charge in [0.05, 0.1) is 5.69 Å². The molecule has 0 radical (unpaired) electrons. The number of alkyl halides is 3. The van der Waals surface area contributed by atoms with Gasteiger partial charge in [0.1, 0.15) is 17.6 Å². The number of benzene rings is 1. The minimum Gasteiger partial charge on any atom is -0.409 e. The molecule has 0 aliphatic rings. The second-order valence-electron chi connectivity index (χ2n) is 3.62. The van der Waals surface area contributed by atoms with E-state index < -0.39 is 36.1 Å². The number of hydrogen-bond donors (Lipinski definition) is 3. The summed E-state index contributed by atoms with van der Waals surface area (Å²) in [5.74, 6) is -5.24. The molecule has 0 bridgehead atoms.